The monoisotopic (exact) mass is 282 g/mol. The van der Waals surface area contributed by atoms with Crippen molar-refractivity contribution in [1.82, 2.24) is 10.3 Å². The number of carbonyl (C=O) groups is 2. The summed E-state index contributed by atoms with van der Waals surface area (Å²) in [7, 11) is 0. The highest BCUT2D eigenvalue weighted by atomic mass is 16.4. The summed E-state index contributed by atoms with van der Waals surface area (Å²) in [4.78, 5) is 27.6. The maximum atomic E-state index is 12.2. The lowest BCUT2D eigenvalue weighted by atomic mass is 10.1. The number of carboxylic acid groups (broad SMARTS) is 1. The summed E-state index contributed by atoms with van der Waals surface area (Å²) in [6.45, 7) is 0. The van der Waals surface area contributed by atoms with Crippen molar-refractivity contribution in [3.8, 4) is 0 Å². The normalized spacial score (nSPS) is 23.3. The predicted octanol–water partition coefficient (Wildman–Crippen LogP) is 1.82. The van der Waals surface area contributed by atoms with Gasteiger partial charge in [0, 0.05) is 18.3 Å². The molecule has 0 spiro atoms. The third kappa shape index (κ3) is 2.38. The molecule has 2 aromatic rings. The van der Waals surface area contributed by atoms with Crippen molar-refractivity contribution in [1.29, 1.82) is 0 Å². The van der Waals surface area contributed by atoms with Gasteiger partial charge in [-0.3, -0.25) is 9.78 Å². The molecule has 1 heterocycles. The molecule has 0 aliphatic heterocycles. The summed E-state index contributed by atoms with van der Waals surface area (Å²) in [6, 6.07) is 12.6. The Kier molecular flexibility index (Phi) is 3.17. The molecule has 1 aliphatic carbocycles. The highest BCUT2D eigenvalue weighted by Gasteiger charge is 2.62. The summed E-state index contributed by atoms with van der Waals surface area (Å²) in [5.74, 6) is -1.62. The Balaban J connectivity index is 1.82. The van der Waals surface area contributed by atoms with E-state index in [0.717, 1.165) is 5.56 Å². The molecular formula is C16H14N2O3. The SMILES string of the molecule is O=C(NC1(C(=O)O)CC1c1ccccc1)c1cccnc1. The zero-order chi connectivity index (χ0) is 14.9. The van der Waals surface area contributed by atoms with Gasteiger partial charge in [0.25, 0.3) is 5.91 Å². The third-order valence-corrected chi connectivity index (χ3v) is 3.80. The van der Waals surface area contributed by atoms with E-state index in [1.165, 1.54) is 6.20 Å². The molecule has 2 N–H and O–H groups in total. The van der Waals surface area contributed by atoms with Gasteiger partial charge in [0.2, 0.25) is 0 Å². The fraction of sp³-hybridized carbons (Fsp3) is 0.188. The lowest BCUT2D eigenvalue weighted by Crippen LogP contribution is -2.44. The van der Waals surface area contributed by atoms with Crippen LogP contribution in [0.15, 0.2) is 54.9 Å². The third-order valence-electron chi connectivity index (χ3n) is 3.80. The number of amides is 1. The van der Waals surface area contributed by atoms with Crippen molar-refractivity contribution in [2.45, 2.75) is 17.9 Å². The number of pyridine rings is 1. The summed E-state index contributed by atoms with van der Waals surface area (Å²) in [6.07, 6.45) is 3.39. The molecule has 1 aromatic carbocycles. The van der Waals surface area contributed by atoms with Crippen LogP contribution >= 0.6 is 0 Å². The number of nitrogens with one attached hydrogen (secondary N) is 1. The van der Waals surface area contributed by atoms with E-state index in [0.29, 0.717) is 12.0 Å². The van der Waals surface area contributed by atoms with Crippen LogP contribution in [0.5, 0.6) is 0 Å². The first-order chi connectivity index (χ1) is 10.1. The molecule has 1 fully saturated rings. The minimum atomic E-state index is -1.21. The van der Waals surface area contributed by atoms with E-state index in [2.05, 4.69) is 10.3 Å². The maximum absolute atomic E-state index is 12.2. The number of hydrogen-bond acceptors (Lipinski definition) is 3. The Labute approximate surface area is 121 Å². The number of nitrogens with zero attached hydrogens (tertiary/aromatic N) is 1. The first kappa shape index (κ1) is 13.3. The largest absolute Gasteiger partial charge is 0.479 e. The fourth-order valence-electron chi connectivity index (χ4n) is 2.55. The van der Waals surface area contributed by atoms with Crippen molar-refractivity contribution in [2.75, 3.05) is 0 Å². The Morgan fingerprint density at radius 3 is 2.57 bits per heavy atom. The molecule has 1 saturated carbocycles. The van der Waals surface area contributed by atoms with Gasteiger partial charge in [0.1, 0.15) is 5.54 Å². The molecule has 21 heavy (non-hydrogen) atoms. The van der Waals surface area contributed by atoms with Crippen molar-refractivity contribution < 1.29 is 14.7 Å². The average Bonchev–Trinajstić information content (AvgIpc) is 3.25. The lowest BCUT2D eigenvalue weighted by molar-refractivity contribution is -0.140. The van der Waals surface area contributed by atoms with Crippen molar-refractivity contribution in [2.24, 2.45) is 0 Å². The second kappa shape index (κ2) is 5.01. The van der Waals surface area contributed by atoms with E-state index in [1.807, 2.05) is 30.3 Å². The van der Waals surface area contributed by atoms with Crippen molar-refractivity contribution in [3.05, 3.63) is 66.0 Å². The number of aromatic nitrogens is 1. The van der Waals surface area contributed by atoms with E-state index >= 15 is 0 Å². The second-order valence-corrected chi connectivity index (χ2v) is 5.14. The van der Waals surface area contributed by atoms with E-state index in [9.17, 15) is 14.7 Å². The van der Waals surface area contributed by atoms with Crippen molar-refractivity contribution in [3.63, 3.8) is 0 Å². The quantitative estimate of drug-likeness (QED) is 0.896. The second-order valence-electron chi connectivity index (χ2n) is 5.14. The van der Waals surface area contributed by atoms with Gasteiger partial charge in [-0.15, -0.1) is 0 Å². The van der Waals surface area contributed by atoms with Gasteiger partial charge in [-0.05, 0) is 24.1 Å². The van der Waals surface area contributed by atoms with Gasteiger partial charge in [0.05, 0.1) is 5.56 Å². The van der Waals surface area contributed by atoms with Crippen LogP contribution in [0.4, 0.5) is 0 Å². The van der Waals surface area contributed by atoms with E-state index in [4.69, 9.17) is 0 Å². The van der Waals surface area contributed by atoms with Gasteiger partial charge in [0.15, 0.2) is 0 Å². The lowest BCUT2D eigenvalue weighted by Gasteiger charge is -2.15. The van der Waals surface area contributed by atoms with Crippen LogP contribution in [0.25, 0.3) is 0 Å². The number of carboxylic acids is 1. The van der Waals surface area contributed by atoms with Gasteiger partial charge < -0.3 is 10.4 Å². The zero-order valence-corrected chi connectivity index (χ0v) is 11.2. The molecule has 1 amide bonds. The highest BCUT2D eigenvalue weighted by Crippen LogP contribution is 2.51. The number of hydrogen-bond donors (Lipinski definition) is 2. The zero-order valence-electron chi connectivity index (χ0n) is 11.2. The first-order valence-corrected chi connectivity index (χ1v) is 6.64. The Morgan fingerprint density at radius 2 is 1.95 bits per heavy atom. The van der Waals surface area contributed by atoms with E-state index in [1.54, 1.807) is 18.3 Å². The van der Waals surface area contributed by atoms with Crippen molar-refractivity contribution >= 4 is 11.9 Å². The minimum Gasteiger partial charge on any atom is -0.479 e. The van der Waals surface area contributed by atoms with E-state index in [-0.39, 0.29) is 5.92 Å². The minimum absolute atomic E-state index is 0.197. The topological polar surface area (TPSA) is 79.3 Å². The van der Waals surface area contributed by atoms with E-state index < -0.39 is 17.4 Å². The first-order valence-electron chi connectivity index (χ1n) is 6.64. The molecule has 0 saturated heterocycles. The molecule has 106 valence electrons. The van der Waals surface area contributed by atoms with Crippen LogP contribution in [0.3, 0.4) is 0 Å². The molecule has 2 atom stereocenters. The van der Waals surface area contributed by atoms with Gasteiger partial charge >= 0.3 is 5.97 Å². The predicted molar refractivity (Wildman–Crippen MR) is 75.9 cm³/mol. The number of benzene rings is 1. The van der Waals surface area contributed by atoms with Crippen LogP contribution in [-0.2, 0) is 4.79 Å². The van der Waals surface area contributed by atoms with Crippen LogP contribution in [0.1, 0.15) is 28.3 Å². The smallest absolute Gasteiger partial charge is 0.330 e. The maximum Gasteiger partial charge on any atom is 0.330 e. The van der Waals surface area contributed by atoms with Gasteiger partial charge in [-0.25, -0.2) is 4.79 Å². The van der Waals surface area contributed by atoms with Crippen LogP contribution in [0.2, 0.25) is 0 Å². The molecule has 5 heteroatoms. The summed E-state index contributed by atoms with van der Waals surface area (Å²) in [5.41, 5.74) is 0.0668. The summed E-state index contributed by atoms with van der Waals surface area (Å²) < 4.78 is 0. The van der Waals surface area contributed by atoms with Gasteiger partial charge in [-0.1, -0.05) is 30.3 Å². The van der Waals surface area contributed by atoms with Crippen LogP contribution in [-0.4, -0.2) is 27.5 Å². The average molecular weight is 282 g/mol. The Bertz CT molecular complexity index is 672. The number of carbonyl (C=O) groups excluding carboxylic acids is 1. The Morgan fingerprint density at radius 1 is 1.19 bits per heavy atom. The standard InChI is InChI=1S/C16H14N2O3/c19-14(12-7-4-8-17-10-12)18-16(15(20)21)9-13(16)11-5-2-1-3-6-11/h1-8,10,13H,9H2,(H,18,19)(H,20,21). The summed E-state index contributed by atoms with van der Waals surface area (Å²) in [5, 5.41) is 12.2. The number of aliphatic carboxylic acids is 1. The van der Waals surface area contributed by atoms with Crippen LogP contribution < -0.4 is 5.32 Å². The molecule has 2 unspecified atom stereocenters. The van der Waals surface area contributed by atoms with Gasteiger partial charge in [-0.2, -0.15) is 0 Å². The van der Waals surface area contributed by atoms with Crippen LogP contribution in [0, 0.1) is 0 Å². The molecule has 1 aliphatic rings. The molecule has 0 bridgehead atoms. The molecule has 3 rings (SSSR count). The molecule has 0 radical (unpaired) electrons. The molecule has 5 nitrogen and oxygen atoms in total. The fourth-order valence-corrected chi connectivity index (χ4v) is 2.55. The summed E-state index contributed by atoms with van der Waals surface area (Å²) >= 11 is 0. The highest BCUT2D eigenvalue weighted by molar-refractivity contribution is 5.99. The molecule has 1 aromatic heterocycles. The Hall–Kier alpha value is -2.69. The number of rotatable bonds is 4. The molecular weight excluding hydrogens is 268 g/mol.